The lowest BCUT2D eigenvalue weighted by molar-refractivity contribution is -0.165. The molecule has 0 radical (unpaired) electrons. The lowest BCUT2D eigenvalue weighted by atomic mass is 9.90. The Kier molecular flexibility index (Phi) is 5.37. The molecular weight excluding hydrogens is 276 g/mol. The molecule has 0 aliphatic heterocycles. The van der Waals surface area contributed by atoms with E-state index < -0.39 is 29.7 Å². The smallest absolute Gasteiger partial charge is 0.321 e. The first kappa shape index (κ1) is 15.0. The van der Waals surface area contributed by atoms with E-state index in [-0.39, 0.29) is 5.69 Å². The molecule has 0 bridgehead atoms. The van der Waals surface area contributed by atoms with Crippen LogP contribution < -0.4 is 0 Å². The lowest BCUT2D eigenvalue weighted by Crippen LogP contribution is -2.36. The third kappa shape index (κ3) is 3.25. The molecule has 0 fully saturated rings. The average Bonchev–Trinajstić information content (AvgIpc) is 2.95. The molecule has 1 heterocycles. The van der Waals surface area contributed by atoms with Gasteiger partial charge in [-0.1, -0.05) is 4.49 Å². The summed E-state index contributed by atoms with van der Waals surface area (Å²) in [6.07, 6.45) is 0. The van der Waals surface area contributed by atoms with Crippen LogP contribution in [0, 0.1) is 5.92 Å². The Morgan fingerprint density at radius 2 is 1.58 bits per heavy atom. The van der Waals surface area contributed by atoms with E-state index >= 15 is 0 Å². The monoisotopic (exact) mass is 288 g/mol. The van der Waals surface area contributed by atoms with E-state index in [1.54, 1.807) is 0 Å². The zero-order valence-corrected chi connectivity index (χ0v) is 11.3. The Hall–Kier alpha value is -2.03. The number of methoxy groups -OCH3 is 3. The number of carbonyl (C=O) groups is 3. The minimum Gasteiger partial charge on any atom is -0.468 e. The van der Waals surface area contributed by atoms with Crippen LogP contribution in [-0.4, -0.2) is 48.8 Å². The van der Waals surface area contributed by atoms with Crippen molar-refractivity contribution in [1.82, 2.24) is 9.59 Å². The predicted molar refractivity (Wildman–Crippen MR) is 62.2 cm³/mol. The van der Waals surface area contributed by atoms with Gasteiger partial charge in [0.05, 0.1) is 27.0 Å². The van der Waals surface area contributed by atoms with Crippen molar-refractivity contribution >= 4 is 29.4 Å². The summed E-state index contributed by atoms with van der Waals surface area (Å²) in [6, 6.07) is 0. The normalized spacial score (nSPS) is 11.8. The summed E-state index contributed by atoms with van der Waals surface area (Å²) < 4.78 is 17.2. The first-order chi connectivity index (χ1) is 9.06. The molecule has 8 nitrogen and oxygen atoms in total. The molecule has 0 N–H and O–H groups in total. The maximum atomic E-state index is 11.8. The van der Waals surface area contributed by atoms with E-state index in [4.69, 9.17) is 0 Å². The molecule has 1 rings (SSSR count). The highest BCUT2D eigenvalue weighted by Gasteiger charge is 2.44. The highest BCUT2D eigenvalue weighted by molar-refractivity contribution is 7.03. The lowest BCUT2D eigenvalue weighted by Gasteiger charge is -2.19. The summed E-state index contributed by atoms with van der Waals surface area (Å²) in [7, 11) is 3.35. The molecule has 0 amide bonds. The van der Waals surface area contributed by atoms with Gasteiger partial charge in [0.1, 0.15) is 5.92 Å². The summed E-state index contributed by atoms with van der Waals surface area (Å²) in [4.78, 5) is 35.2. The van der Waals surface area contributed by atoms with Gasteiger partial charge in [-0.25, -0.2) is 0 Å². The van der Waals surface area contributed by atoms with Gasteiger partial charge in [0.15, 0.2) is 5.92 Å². The van der Waals surface area contributed by atoms with Crippen LogP contribution in [0.15, 0.2) is 5.38 Å². The van der Waals surface area contributed by atoms with E-state index in [9.17, 15) is 14.4 Å². The third-order valence-electron chi connectivity index (χ3n) is 2.39. The van der Waals surface area contributed by atoms with E-state index in [0.717, 1.165) is 32.9 Å². The fourth-order valence-electron chi connectivity index (χ4n) is 1.48. The summed E-state index contributed by atoms with van der Waals surface area (Å²) in [6.45, 7) is 0. The Labute approximate surface area is 112 Å². The van der Waals surface area contributed by atoms with E-state index in [1.165, 1.54) is 5.38 Å². The predicted octanol–water partition coefficient (Wildman–Crippen LogP) is -0.243. The molecule has 1 aromatic heterocycles. The van der Waals surface area contributed by atoms with Gasteiger partial charge < -0.3 is 14.2 Å². The largest absolute Gasteiger partial charge is 0.468 e. The van der Waals surface area contributed by atoms with Gasteiger partial charge in [-0.2, -0.15) is 0 Å². The Morgan fingerprint density at radius 3 is 1.95 bits per heavy atom. The average molecular weight is 288 g/mol. The number of ether oxygens (including phenoxy) is 3. The fraction of sp³-hybridized carbons (Fsp3) is 0.500. The van der Waals surface area contributed by atoms with Crippen LogP contribution in [0.3, 0.4) is 0 Å². The zero-order valence-electron chi connectivity index (χ0n) is 10.5. The van der Waals surface area contributed by atoms with Gasteiger partial charge in [0, 0.05) is 5.38 Å². The first-order valence-corrected chi connectivity index (χ1v) is 5.90. The van der Waals surface area contributed by atoms with Gasteiger partial charge in [-0.05, 0) is 11.5 Å². The number of esters is 3. The fourth-order valence-corrected chi connectivity index (χ4v) is 1.97. The van der Waals surface area contributed by atoms with Crippen LogP contribution in [0.4, 0.5) is 0 Å². The van der Waals surface area contributed by atoms with Gasteiger partial charge >= 0.3 is 17.9 Å². The van der Waals surface area contributed by atoms with Crippen LogP contribution in [0.5, 0.6) is 0 Å². The van der Waals surface area contributed by atoms with Crippen LogP contribution >= 0.6 is 11.5 Å². The molecule has 0 aliphatic carbocycles. The number of rotatable bonds is 5. The third-order valence-corrected chi connectivity index (χ3v) is 2.92. The highest BCUT2D eigenvalue weighted by atomic mass is 32.1. The van der Waals surface area contributed by atoms with E-state index in [0.29, 0.717) is 0 Å². The molecule has 1 atom stereocenters. The van der Waals surface area contributed by atoms with E-state index in [2.05, 4.69) is 23.8 Å². The molecule has 104 valence electrons. The van der Waals surface area contributed by atoms with Crippen molar-refractivity contribution in [1.29, 1.82) is 0 Å². The van der Waals surface area contributed by atoms with E-state index in [1.807, 2.05) is 0 Å². The second kappa shape index (κ2) is 6.78. The number of carbonyl (C=O) groups excluding carboxylic acids is 3. The molecule has 19 heavy (non-hydrogen) atoms. The van der Waals surface area contributed by atoms with Crippen molar-refractivity contribution in [2.24, 2.45) is 5.92 Å². The SMILES string of the molecule is COC(=O)C(C(=O)OC)C(C(=O)OC)c1csnn1. The van der Waals surface area contributed by atoms with Crippen LogP contribution in [0.1, 0.15) is 11.6 Å². The standard InChI is InChI=1S/C10H12N2O6S/c1-16-8(13)6(5-4-19-12-11-5)7(9(14)17-2)10(15)18-3/h4,6-7H,1-3H3. The second-order valence-electron chi connectivity index (χ2n) is 3.35. The molecule has 0 aliphatic rings. The van der Waals surface area contributed by atoms with Crippen molar-refractivity contribution < 1.29 is 28.6 Å². The van der Waals surface area contributed by atoms with Gasteiger partial charge in [-0.15, -0.1) is 5.10 Å². The molecular formula is C10H12N2O6S. The van der Waals surface area contributed by atoms with Crippen molar-refractivity contribution in [3.05, 3.63) is 11.1 Å². The number of hydrogen-bond acceptors (Lipinski definition) is 9. The minimum absolute atomic E-state index is 0.151. The molecule has 1 aromatic rings. The molecule has 0 spiro atoms. The molecule has 1 unspecified atom stereocenters. The first-order valence-electron chi connectivity index (χ1n) is 5.07. The number of nitrogens with zero attached hydrogens (tertiary/aromatic N) is 2. The van der Waals surface area contributed by atoms with Crippen molar-refractivity contribution in [3.8, 4) is 0 Å². The Balaban J connectivity index is 3.22. The summed E-state index contributed by atoms with van der Waals surface area (Å²) in [5.41, 5.74) is 0.151. The second-order valence-corrected chi connectivity index (χ2v) is 3.96. The molecule has 0 saturated heterocycles. The quantitative estimate of drug-likeness (QED) is 0.415. The van der Waals surface area contributed by atoms with Crippen LogP contribution in [0.25, 0.3) is 0 Å². The van der Waals surface area contributed by atoms with Crippen LogP contribution in [0.2, 0.25) is 0 Å². The highest BCUT2D eigenvalue weighted by Crippen LogP contribution is 2.27. The summed E-state index contributed by atoms with van der Waals surface area (Å²) in [5.74, 6) is -5.34. The number of aromatic nitrogens is 2. The molecule has 0 saturated carbocycles. The van der Waals surface area contributed by atoms with Gasteiger partial charge in [-0.3, -0.25) is 14.4 Å². The number of hydrogen-bond donors (Lipinski definition) is 0. The maximum absolute atomic E-state index is 11.8. The minimum atomic E-state index is -1.48. The molecule has 0 aromatic carbocycles. The molecule has 9 heteroatoms. The Bertz CT molecular complexity index is 445. The van der Waals surface area contributed by atoms with Crippen molar-refractivity contribution in [3.63, 3.8) is 0 Å². The van der Waals surface area contributed by atoms with Gasteiger partial charge in [0.2, 0.25) is 0 Å². The van der Waals surface area contributed by atoms with Crippen molar-refractivity contribution in [2.45, 2.75) is 5.92 Å². The zero-order chi connectivity index (χ0) is 14.4. The topological polar surface area (TPSA) is 105 Å². The van der Waals surface area contributed by atoms with Crippen LogP contribution in [-0.2, 0) is 28.6 Å². The Morgan fingerprint density at radius 1 is 1.05 bits per heavy atom. The maximum Gasteiger partial charge on any atom is 0.321 e. The summed E-state index contributed by atoms with van der Waals surface area (Å²) in [5, 5.41) is 5.14. The summed E-state index contributed by atoms with van der Waals surface area (Å²) >= 11 is 0.979. The van der Waals surface area contributed by atoms with Gasteiger partial charge in [0.25, 0.3) is 0 Å². The van der Waals surface area contributed by atoms with Crippen molar-refractivity contribution in [2.75, 3.05) is 21.3 Å².